The standard InChI is InChI=1S/C21H28N4/c1-5-6-12-24(4)15-17-8-7-9-18(13-17)20-11-10-19-14-22-25(16(2)3)21(19)23-20/h7-11,13-14,16H,5-6,12,15H2,1-4H3. The lowest BCUT2D eigenvalue weighted by atomic mass is 10.1. The molecule has 0 N–H and O–H groups in total. The van der Waals surface area contributed by atoms with Crippen molar-refractivity contribution < 1.29 is 0 Å². The van der Waals surface area contributed by atoms with Gasteiger partial charge in [-0.1, -0.05) is 31.5 Å². The highest BCUT2D eigenvalue weighted by molar-refractivity contribution is 5.78. The normalized spacial score (nSPS) is 11.8. The number of hydrogen-bond donors (Lipinski definition) is 0. The minimum atomic E-state index is 0.304. The predicted molar refractivity (Wildman–Crippen MR) is 105 cm³/mol. The van der Waals surface area contributed by atoms with Crippen LogP contribution in [0.5, 0.6) is 0 Å². The maximum Gasteiger partial charge on any atom is 0.158 e. The van der Waals surface area contributed by atoms with Crippen molar-refractivity contribution in [2.45, 2.75) is 46.2 Å². The zero-order chi connectivity index (χ0) is 17.8. The number of nitrogens with zero attached hydrogens (tertiary/aromatic N) is 4. The number of hydrogen-bond acceptors (Lipinski definition) is 3. The average molecular weight is 336 g/mol. The van der Waals surface area contributed by atoms with Gasteiger partial charge < -0.3 is 4.90 Å². The van der Waals surface area contributed by atoms with E-state index in [4.69, 9.17) is 4.98 Å². The van der Waals surface area contributed by atoms with E-state index in [1.807, 2.05) is 10.9 Å². The van der Waals surface area contributed by atoms with Crippen molar-refractivity contribution in [1.82, 2.24) is 19.7 Å². The van der Waals surface area contributed by atoms with Crippen molar-refractivity contribution in [3.8, 4) is 11.3 Å². The van der Waals surface area contributed by atoms with E-state index >= 15 is 0 Å². The van der Waals surface area contributed by atoms with Gasteiger partial charge in [-0.05, 0) is 57.6 Å². The van der Waals surface area contributed by atoms with E-state index in [1.165, 1.54) is 24.0 Å². The lowest BCUT2D eigenvalue weighted by Gasteiger charge is -2.16. The first-order valence-electron chi connectivity index (χ1n) is 9.20. The van der Waals surface area contributed by atoms with Crippen molar-refractivity contribution in [2.75, 3.05) is 13.6 Å². The Hall–Kier alpha value is -2.20. The number of aromatic nitrogens is 3. The number of fused-ring (bicyclic) bond motifs is 1. The Morgan fingerprint density at radius 1 is 1.16 bits per heavy atom. The van der Waals surface area contributed by atoms with E-state index in [0.717, 1.165) is 29.8 Å². The lowest BCUT2D eigenvalue weighted by molar-refractivity contribution is 0.321. The highest BCUT2D eigenvalue weighted by Crippen LogP contribution is 2.23. The maximum atomic E-state index is 4.88. The molecular weight excluding hydrogens is 308 g/mol. The second-order valence-electron chi connectivity index (χ2n) is 7.08. The summed E-state index contributed by atoms with van der Waals surface area (Å²) in [5.41, 5.74) is 4.46. The van der Waals surface area contributed by atoms with Gasteiger partial charge in [0.2, 0.25) is 0 Å². The first kappa shape index (κ1) is 17.6. The highest BCUT2D eigenvalue weighted by Gasteiger charge is 2.10. The van der Waals surface area contributed by atoms with Crippen molar-refractivity contribution >= 4 is 11.0 Å². The van der Waals surface area contributed by atoms with Crippen molar-refractivity contribution in [1.29, 1.82) is 0 Å². The monoisotopic (exact) mass is 336 g/mol. The number of benzene rings is 1. The van der Waals surface area contributed by atoms with Crippen molar-refractivity contribution in [2.24, 2.45) is 0 Å². The molecule has 0 spiro atoms. The Balaban J connectivity index is 1.87. The molecule has 0 bridgehead atoms. The number of unbranched alkanes of at least 4 members (excludes halogenated alkanes) is 1. The molecule has 0 aliphatic rings. The van der Waals surface area contributed by atoms with Crippen LogP contribution in [-0.2, 0) is 6.54 Å². The lowest BCUT2D eigenvalue weighted by Crippen LogP contribution is -2.18. The quantitative estimate of drug-likeness (QED) is 0.614. The van der Waals surface area contributed by atoms with Gasteiger partial charge in [-0.15, -0.1) is 0 Å². The fraction of sp³-hybridized carbons (Fsp3) is 0.429. The van der Waals surface area contributed by atoms with Crippen LogP contribution in [0.3, 0.4) is 0 Å². The Bertz CT molecular complexity index is 835. The van der Waals surface area contributed by atoms with Gasteiger partial charge in [0.1, 0.15) is 0 Å². The van der Waals surface area contributed by atoms with Crippen LogP contribution in [-0.4, -0.2) is 33.3 Å². The number of pyridine rings is 1. The summed E-state index contributed by atoms with van der Waals surface area (Å²) in [7, 11) is 2.19. The minimum Gasteiger partial charge on any atom is -0.302 e. The van der Waals surface area contributed by atoms with Gasteiger partial charge in [-0.3, -0.25) is 0 Å². The second kappa shape index (κ2) is 7.79. The zero-order valence-corrected chi connectivity index (χ0v) is 15.7. The van der Waals surface area contributed by atoms with E-state index in [1.54, 1.807) is 0 Å². The van der Waals surface area contributed by atoms with Gasteiger partial charge in [0, 0.05) is 23.5 Å². The van der Waals surface area contributed by atoms with Crippen LogP contribution in [0.25, 0.3) is 22.3 Å². The van der Waals surface area contributed by atoms with Crippen LogP contribution < -0.4 is 0 Å². The molecule has 25 heavy (non-hydrogen) atoms. The molecule has 2 aromatic heterocycles. The van der Waals surface area contributed by atoms with Crippen LogP contribution in [0.2, 0.25) is 0 Å². The Labute approximate surface area is 150 Å². The van der Waals surface area contributed by atoms with Crippen LogP contribution >= 0.6 is 0 Å². The van der Waals surface area contributed by atoms with Crippen LogP contribution in [0.4, 0.5) is 0 Å². The van der Waals surface area contributed by atoms with E-state index < -0.39 is 0 Å². The molecule has 1 aromatic carbocycles. The van der Waals surface area contributed by atoms with Crippen LogP contribution in [0.1, 0.15) is 45.2 Å². The molecular formula is C21H28N4. The molecule has 0 aliphatic carbocycles. The Kier molecular flexibility index (Phi) is 5.49. The molecule has 0 amide bonds. The van der Waals surface area contributed by atoms with Crippen molar-refractivity contribution in [3.05, 3.63) is 48.2 Å². The summed E-state index contributed by atoms with van der Waals surface area (Å²) in [5, 5.41) is 5.55. The van der Waals surface area contributed by atoms with E-state index in [-0.39, 0.29) is 0 Å². The molecule has 2 heterocycles. The van der Waals surface area contributed by atoms with Gasteiger partial charge >= 0.3 is 0 Å². The SMILES string of the molecule is CCCCN(C)Cc1cccc(-c2ccc3cnn(C(C)C)c3n2)c1. The number of rotatable bonds is 7. The molecule has 132 valence electrons. The third-order valence-electron chi connectivity index (χ3n) is 4.50. The largest absolute Gasteiger partial charge is 0.302 e. The minimum absolute atomic E-state index is 0.304. The molecule has 3 aromatic rings. The molecule has 0 unspecified atom stereocenters. The van der Waals surface area contributed by atoms with Gasteiger partial charge in [-0.25, -0.2) is 9.67 Å². The summed E-state index contributed by atoms with van der Waals surface area (Å²) in [5.74, 6) is 0. The highest BCUT2D eigenvalue weighted by atomic mass is 15.3. The summed E-state index contributed by atoms with van der Waals surface area (Å²) in [6.45, 7) is 8.61. The molecule has 0 fully saturated rings. The average Bonchev–Trinajstić information content (AvgIpc) is 3.03. The van der Waals surface area contributed by atoms with Gasteiger partial charge in [0.05, 0.1) is 11.9 Å². The summed E-state index contributed by atoms with van der Waals surface area (Å²) < 4.78 is 1.99. The first-order chi connectivity index (χ1) is 12.1. The molecule has 3 rings (SSSR count). The van der Waals surface area contributed by atoms with Gasteiger partial charge in [-0.2, -0.15) is 5.10 Å². The summed E-state index contributed by atoms with van der Waals surface area (Å²) in [6, 6.07) is 13.2. The van der Waals surface area contributed by atoms with Crippen molar-refractivity contribution in [3.63, 3.8) is 0 Å². The molecule has 0 atom stereocenters. The first-order valence-corrected chi connectivity index (χ1v) is 9.20. The molecule has 4 nitrogen and oxygen atoms in total. The smallest absolute Gasteiger partial charge is 0.158 e. The summed E-state index contributed by atoms with van der Waals surface area (Å²) >= 11 is 0. The third kappa shape index (κ3) is 4.07. The molecule has 0 saturated heterocycles. The molecule has 0 radical (unpaired) electrons. The Morgan fingerprint density at radius 3 is 2.76 bits per heavy atom. The van der Waals surface area contributed by atoms with E-state index in [9.17, 15) is 0 Å². The fourth-order valence-electron chi connectivity index (χ4n) is 3.11. The Morgan fingerprint density at radius 2 is 2.00 bits per heavy atom. The molecule has 4 heteroatoms. The second-order valence-corrected chi connectivity index (χ2v) is 7.08. The fourth-order valence-corrected chi connectivity index (χ4v) is 3.11. The van der Waals surface area contributed by atoms with Crippen LogP contribution in [0.15, 0.2) is 42.6 Å². The van der Waals surface area contributed by atoms with E-state index in [2.05, 4.69) is 74.2 Å². The summed E-state index contributed by atoms with van der Waals surface area (Å²) in [6.07, 6.45) is 4.37. The van der Waals surface area contributed by atoms with Crippen LogP contribution in [0, 0.1) is 0 Å². The topological polar surface area (TPSA) is 34.0 Å². The van der Waals surface area contributed by atoms with Gasteiger partial charge in [0.15, 0.2) is 5.65 Å². The molecule has 0 saturated carbocycles. The molecule has 0 aliphatic heterocycles. The maximum absolute atomic E-state index is 4.88. The third-order valence-corrected chi connectivity index (χ3v) is 4.50. The predicted octanol–water partition coefficient (Wildman–Crippen LogP) is 4.91. The van der Waals surface area contributed by atoms with Gasteiger partial charge in [0.25, 0.3) is 0 Å². The summed E-state index contributed by atoms with van der Waals surface area (Å²) in [4.78, 5) is 7.27. The van der Waals surface area contributed by atoms with E-state index in [0.29, 0.717) is 6.04 Å². The zero-order valence-electron chi connectivity index (χ0n) is 15.7.